The van der Waals surface area contributed by atoms with Gasteiger partial charge in [-0.15, -0.1) is 0 Å². The summed E-state index contributed by atoms with van der Waals surface area (Å²) in [6.45, 7) is 4.96. The molecule has 0 atom stereocenters. The predicted octanol–water partition coefficient (Wildman–Crippen LogP) is 3.33. The lowest BCUT2D eigenvalue weighted by Crippen LogP contribution is -2.32. The third-order valence-electron chi connectivity index (χ3n) is 4.68. The molecule has 8 heteroatoms. The van der Waals surface area contributed by atoms with Crippen LogP contribution in [0.25, 0.3) is 0 Å². The van der Waals surface area contributed by atoms with Crippen LogP contribution in [-0.2, 0) is 11.3 Å². The first-order chi connectivity index (χ1) is 13.4. The normalized spacial score (nSPS) is 13.3. The van der Waals surface area contributed by atoms with E-state index in [4.69, 9.17) is 9.47 Å². The van der Waals surface area contributed by atoms with Gasteiger partial charge < -0.3 is 19.7 Å². The zero-order chi connectivity index (χ0) is 20.3. The summed E-state index contributed by atoms with van der Waals surface area (Å²) in [7, 11) is 3.31. The standard InChI is InChI=1S/C20H24N4O4/c1-13-11-21-16(14(2)18(13)27-4)12-23(3)19(25)22-15-7-5-6-8-17(15)24-9-10-28-20(24)26/h5-8,11H,9-10,12H2,1-4H3,(H,22,25). The van der Waals surface area contributed by atoms with Crippen molar-refractivity contribution in [3.8, 4) is 5.75 Å². The zero-order valence-corrected chi connectivity index (χ0v) is 16.5. The van der Waals surface area contributed by atoms with Crippen LogP contribution >= 0.6 is 0 Å². The summed E-state index contributed by atoms with van der Waals surface area (Å²) in [6.07, 6.45) is 1.32. The molecule has 0 aliphatic carbocycles. The number of anilines is 2. The molecule has 1 aromatic carbocycles. The lowest BCUT2D eigenvalue weighted by atomic mass is 10.1. The van der Waals surface area contributed by atoms with Gasteiger partial charge in [-0.05, 0) is 26.0 Å². The molecule has 1 N–H and O–H groups in total. The van der Waals surface area contributed by atoms with Crippen LogP contribution in [0.3, 0.4) is 0 Å². The van der Waals surface area contributed by atoms with E-state index in [2.05, 4.69) is 10.3 Å². The van der Waals surface area contributed by atoms with Crippen LogP contribution in [0.4, 0.5) is 21.0 Å². The van der Waals surface area contributed by atoms with Gasteiger partial charge in [0, 0.05) is 24.4 Å². The molecular weight excluding hydrogens is 360 g/mol. The number of nitrogens with one attached hydrogen (secondary N) is 1. The second kappa shape index (κ2) is 8.16. The highest BCUT2D eigenvalue weighted by Gasteiger charge is 2.26. The molecule has 28 heavy (non-hydrogen) atoms. The van der Waals surface area contributed by atoms with E-state index in [9.17, 15) is 9.59 Å². The molecule has 1 aromatic heterocycles. The first-order valence-corrected chi connectivity index (χ1v) is 8.97. The van der Waals surface area contributed by atoms with Crippen LogP contribution in [0.2, 0.25) is 0 Å². The van der Waals surface area contributed by atoms with Crippen molar-refractivity contribution in [1.82, 2.24) is 9.88 Å². The van der Waals surface area contributed by atoms with Crippen molar-refractivity contribution >= 4 is 23.5 Å². The zero-order valence-electron chi connectivity index (χ0n) is 16.5. The Bertz CT molecular complexity index is 900. The van der Waals surface area contributed by atoms with Gasteiger partial charge in [0.2, 0.25) is 0 Å². The van der Waals surface area contributed by atoms with Crippen LogP contribution in [-0.4, -0.2) is 49.3 Å². The number of rotatable bonds is 5. The quantitative estimate of drug-likeness (QED) is 0.855. The van der Waals surface area contributed by atoms with Gasteiger partial charge in [-0.3, -0.25) is 9.88 Å². The van der Waals surface area contributed by atoms with Gasteiger partial charge >= 0.3 is 12.1 Å². The van der Waals surface area contributed by atoms with Crippen LogP contribution in [0.5, 0.6) is 5.75 Å². The summed E-state index contributed by atoms with van der Waals surface area (Å²) in [6, 6.07) is 6.84. The van der Waals surface area contributed by atoms with E-state index < -0.39 is 6.09 Å². The Labute approximate surface area is 164 Å². The molecule has 1 fully saturated rings. The molecule has 148 valence electrons. The maximum Gasteiger partial charge on any atom is 0.414 e. The van der Waals surface area contributed by atoms with Gasteiger partial charge in [-0.2, -0.15) is 0 Å². The summed E-state index contributed by atoms with van der Waals surface area (Å²) in [5.41, 5.74) is 3.77. The van der Waals surface area contributed by atoms with Gasteiger partial charge in [-0.1, -0.05) is 12.1 Å². The Morgan fingerprint density at radius 1 is 1.36 bits per heavy atom. The number of carbonyl (C=O) groups is 2. The van der Waals surface area contributed by atoms with Crippen molar-refractivity contribution in [3.05, 3.63) is 47.3 Å². The first-order valence-electron chi connectivity index (χ1n) is 8.97. The van der Waals surface area contributed by atoms with Gasteiger partial charge in [0.15, 0.2) is 0 Å². The molecule has 2 aromatic rings. The lowest BCUT2D eigenvalue weighted by Gasteiger charge is -2.22. The Hall–Kier alpha value is -3.29. The molecule has 1 aliphatic heterocycles. The van der Waals surface area contributed by atoms with Crippen molar-refractivity contribution in [2.45, 2.75) is 20.4 Å². The number of aryl methyl sites for hydroxylation is 1. The number of para-hydroxylation sites is 2. The maximum atomic E-state index is 12.7. The average Bonchev–Trinajstić information content (AvgIpc) is 3.10. The second-order valence-electron chi connectivity index (χ2n) is 6.62. The highest BCUT2D eigenvalue weighted by molar-refractivity contribution is 5.98. The van der Waals surface area contributed by atoms with E-state index in [-0.39, 0.29) is 6.03 Å². The number of hydrogen-bond donors (Lipinski definition) is 1. The number of ether oxygens (including phenoxy) is 2. The molecule has 0 saturated carbocycles. The van der Waals surface area contributed by atoms with Crippen molar-refractivity contribution < 1.29 is 19.1 Å². The van der Waals surface area contributed by atoms with Crippen LogP contribution < -0.4 is 15.0 Å². The highest BCUT2D eigenvalue weighted by atomic mass is 16.6. The number of aromatic nitrogens is 1. The SMILES string of the molecule is COc1c(C)cnc(CN(C)C(=O)Nc2ccccc2N2CCOC2=O)c1C. The molecule has 0 unspecified atom stereocenters. The predicted molar refractivity (Wildman–Crippen MR) is 106 cm³/mol. The van der Waals surface area contributed by atoms with Crippen LogP contribution in [0.1, 0.15) is 16.8 Å². The van der Waals surface area contributed by atoms with E-state index in [1.807, 2.05) is 19.9 Å². The van der Waals surface area contributed by atoms with Crippen molar-refractivity contribution in [2.75, 3.05) is 37.5 Å². The Balaban J connectivity index is 1.75. The number of methoxy groups -OCH3 is 1. The van der Waals surface area contributed by atoms with Crippen molar-refractivity contribution in [1.29, 1.82) is 0 Å². The summed E-state index contributed by atoms with van der Waals surface area (Å²) >= 11 is 0. The van der Waals surface area contributed by atoms with Gasteiger partial charge in [0.1, 0.15) is 12.4 Å². The fourth-order valence-corrected chi connectivity index (χ4v) is 3.16. The summed E-state index contributed by atoms with van der Waals surface area (Å²) in [5, 5.41) is 2.87. The Morgan fingerprint density at radius 3 is 2.79 bits per heavy atom. The van der Waals surface area contributed by atoms with E-state index in [1.54, 1.807) is 38.6 Å². The maximum absolute atomic E-state index is 12.7. The monoisotopic (exact) mass is 384 g/mol. The molecule has 1 saturated heterocycles. The second-order valence-corrected chi connectivity index (χ2v) is 6.62. The lowest BCUT2D eigenvalue weighted by molar-refractivity contribution is 0.181. The molecule has 3 rings (SSSR count). The molecule has 0 radical (unpaired) electrons. The molecule has 1 aliphatic rings. The van der Waals surface area contributed by atoms with Gasteiger partial charge in [0.25, 0.3) is 0 Å². The van der Waals surface area contributed by atoms with Crippen molar-refractivity contribution in [3.63, 3.8) is 0 Å². The number of pyridine rings is 1. The number of nitrogens with zero attached hydrogens (tertiary/aromatic N) is 3. The summed E-state index contributed by atoms with van der Waals surface area (Å²) in [5.74, 6) is 0.775. The summed E-state index contributed by atoms with van der Waals surface area (Å²) < 4.78 is 10.4. The number of amides is 3. The van der Waals surface area contributed by atoms with Gasteiger partial charge in [0.05, 0.1) is 37.3 Å². The van der Waals surface area contributed by atoms with E-state index in [0.29, 0.717) is 31.1 Å². The minimum absolute atomic E-state index is 0.305. The number of carbonyl (C=O) groups excluding carboxylic acids is 2. The number of benzene rings is 1. The Kier molecular flexibility index (Phi) is 5.67. The minimum atomic E-state index is -0.415. The topological polar surface area (TPSA) is 84.0 Å². The summed E-state index contributed by atoms with van der Waals surface area (Å²) in [4.78, 5) is 32.1. The van der Waals surface area contributed by atoms with Crippen LogP contribution in [0, 0.1) is 13.8 Å². The highest BCUT2D eigenvalue weighted by Crippen LogP contribution is 2.29. The van der Waals surface area contributed by atoms with Gasteiger partial charge in [-0.25, -0.2) is 9.59 Å². The minimum Gasteiger partial charge on any atom is -0.496 e. The van der Waals surface area contributed by atoms with E-state index >= 15 is 0 Å². The Morgan fingerprint density at radius 2 is 2.11 bits per heavy atom. The van der Waals surface area contributed by atoms with E-state index in [0.717, 1.165) is 22.6 Å². The van der Waals surface area contributed by atoms with Crippen molar-refractivity contribution in [2.24, 2.45) is 0 Å². The third kappa shape index (κ3) is 3.85. The number of hydrogen-bond acceptors (Lipinski definition) is 5. The average molecular weight is 384 g/mol. The fraction of sp³-hybridized carbons (Fsp3) is 0.350. The number of cyclic esters (lactones) is 1. The fourth-order valence-electron chi connectivity index (χ4n) is 3.16. The first kappa shape index (κ1) is 19.5. The molecular formula is C20H24N4O4. The number of urea groups is 1. The molecule has 0 bridgehead atoms. The largest absolute Gasteiger partial charge is 0.496 e. The molecule has 8 nitrogen and oxygen atoms in total. The van der Waals surface area contributed by atoms with E-state index in [1.165, 1.54) is 9.80 Å². The molecule has 3 amide bonds. The smallest absolute Gasteiger partial charge is 0.414 e. The molecule has 0 spiro atoms. The third-order valence-corrected chi connectivity index (χ3v) is 4.68. The molecule has 2 heterocycles. The van der Waals surface area contributed by atoms with Crippen LogP contribution in [0.15, 0.2) is 30.5 Å².